The van der Waals surface area contributed by atoms with Gasteiger partial charge in [0.05, 0.1) is 16.1 Å². The molecule has 0 bridgehead atoms. The number of ether oxygens (including phenoxy) is 1. The third-order valence-corrected chi connectivity index (χ3v) is 2.42. The molecular formula is C14H17NO5. The fraction of sp³-hybridized carbons (Fsp3) is 0.357. The Labute approximate surface area is 116 Å². The average molecular weight is 279 g/mol. The number of esters is 1. The van der Waals surface area contributed by atoms with Crippen LogP contribution in [-0.2, 0) is 9.53 Å². The van der Waals surface area contributed by atoms with Crippen LogP contribution in [0.4, 0.5) is 5.69 Å². The quantitative estimate of drug-likeness (QED) is 0.396. The van der Waals surface area contributed by atoms with Gasteiger partial charge in [0, 0.05) is 6.07 Å². The molecule has 6 heteroatoms. The van der Waals surface area contributed by atoms with Crippen molar-refractivity contribution in [2.24, 2.45) is 0 Å². The molecule has 0 aromatic heterocycles. The van der Waals surface area contributed by atoms with E-state index in [0.29, 0.717) is 0 Å². The Kier molecular flexibility index (Phi) is 4.62. The number of nitro benzene ring substituents is 1. The van der Waals surface area contributed by atoms with E-state index in [1.54, 1.807) is 20.8 Å². The Hall–Kier alpha value is -2.21. The number of aliphatic hydroxyl groups is 1. The lowest BCUT2D eigenvalue weighted by molar-refractivity contribution is -0.386. The molecule has 0 aliphatic carbocycles. The zero-order valence-corrected chi connectivity index (χ0v) is 11.6. The van der Waals surface area contributed by atoms with Crippen LogP contribution in [0.3, 0.4) is 0 Å². The molecule has 1 aromatic carbocycles. The first-order chi connectivity index (χ1) is 9.13. The first-order valence-corrected chi connectivity index (χ1v) is 5.97. The van der Waals surface area contributed by atoms with Gasteiger partial charge in [0.15, 0.2) is 0 Å². The molecule has 0 radical (unpaired) electrons. The molecule has 1 unspecified atom stereocenters. The number of para-hydroxylation sites is 1. The van der Waals surface area contributed by atoms with Crippen LogP contribution in [0.2, 0.25) is 0 Å². The third-order valence-electron chi connectivity index (χ3n) is 2.42. The van der Waals surface area contributed by atoms with Crippen LogP contribution in [0, 0.1) is 10.1 Å². The summed E-state index contributed by atoms with van der Waals surface area (Å²) in [4.78, 5) is 22.1. The number of carbonyl (C=O) groups is 1. The van der Waals surface area contributed by atoms with Gasteiger partial charge in [-0.05, 0) is 26.8 Å². The minimum absolute atomic E-state index is 0.00774. The smallest absolute Gasteiger partial charge is 0.336 e. The molecule has 0 fully saturated rings. The van der Waals surface area contributed by atoms with E-state index in [-0.39, 0.29) is 16.8 Å². The second kappa shape index (κ2) is 5.83. The Morgan fingerprint density at radius 1 is 1.40 bits per heavy atom. The summed E-state index contributed by atoms with van der Waals surface area (Å²) in [5.74, 6) is -0.789. The molecule has 0 heterocycles. The van der Waals surface area contributed by atoms with E-state index in [2.05, 4.69) is 6.58 Å². The van der Waals surface area contributed by atoms with E-state index < -0.39 is 22.6 Å². The van der Waals surface area contributed by atoms with Gasteiger partial charge in [0.25, 0.3) is 5.69 Å². The summed E-state index contributed by atoms with van der Waals surface area (Å²) < 4.78 is 5.07. The zero-order chi connectivity index (χ0) is 15.5. The summed E-state index contributed by atoms with van der Waals surface area (Å²) in [5.41, 5.74) is -1.24. The maximum atomic E-state index is 11.8. The lowest BCUT2D eigenvalue weighted by Gasteiger charge is -2.21. The molecular weight excluding hydrogens is 262 g/mol. The molecule has 0 saturated heterocycles. The van der Waals surface area contributed by atoms with Gasteiger partial charge in [-0.2, -0.15) is 0 Å². The molecule has 108 valence electrons. The van der Waals surface area contributed by atoms with Crippen molar-refractivity contribution in [2.45, 2.75) is 32.5 Å². The number of hydrogen-bond donors (Lipinski definition) is 1. The van der Waals surface area contributed by atoms with E-state index >= 15 is 0 Å². The molecule has 0 aliphatic rings. The van der Waals surface area contributed by atoms with Crippen molar-refractivity contribution in [1.29, 1.82) is 0 Å². The Bertz CT molecular complexity index is 545. The van der Waals surface area contributed by atoms with Crippen LogP contribution in [-0.4, -0.2) is 21.6 Å². The SMILES string of the molecule is C=C(C(=O)OC(C)(C)C)C(O)c1ccccc1[N+](=O)[O-]. The number of hydrogen-bond acceptors (Lipinski definition) is 5. The molecule has 6 nitrogen and oxygen atoms in total. The summed E-state index contributed by atoms with van der Waals surface area (Å²) in [6.45, 7) is 8.50. The highest BCUT2D eigenvalue weighted by Crippen LogP contribution is 2.30. The Morgan fingerprint density at radius 3 is 2.45 bits per heavy atom. The van der Waals surface area contributed by atoms with Crippen molar-refractivity contribution in [3.8, 4) is 0 Å². The first kappa shape index (κ1) is 15.8. The van der Waals surface area contributed by atoms with Gasteiger partial charge in [-0.1, -0.05) is 18.7 Å². The second-order valence-electron chi connectivity index (χ2n) is 5.25. The van der Waals surface area contributed by atoms with Crippen LogP contribution < -0.4 is 0 Å². The van der Waals surface area contributed by atoms with Crippen molar-refractivity contribution in [2.75, 3.05) is 0 Å². The number of benzene rings is 1. The average Bonchev–Trinajstić information content (AvgIpc) is 2.34. The number of carbonyl (C=O) groups excluding carboxylic acids is 1. The topological polar surface area (TPSA) is 89.7 Å². The Morgan fingerprint density at radius 2 is 1.95 bits per heavy atom. The third kappa shape index (κ3) is 3.89. The minimum Gasteiger partial charge on any atom is -0.457 e. The number of nitrogens with zero attached hydrogens (tertiary/aromatic N) is 1. The standard InChI is InChI=1S/C14H17NO5/c1-9(13(17)20-14(2,3)4)12(16)10-7-5-6-8-11(10)15(18)19/h5-8,12,16H,1H2,2-4H3. The Balaban J connectivity index is 3.01. The normalized spacial score (nSPS) is 12.6. The highest BCUT2D eigenvalue weighted by molar-refractivity contribution is 5.89. The number of aliphatic hydroxyl groups excluding tert-OH is 1. The van der Waals surface area contributed by atoms with E-state index in [1.807, 2.05) is 0 Å². The van der Waals surface area contributed by atoms with Crippen molar-refractivity contribution in [1.82, 2.24) is 0 Å². The van der Waals surface area contributed by atoms with Gasteiger partial charge in [0.2, 0.25) is 0 Å². The van der Waals surface area contributed by atoms with Crippen LogP contribution in [0.25, 0.3) is 0 Å². The predicted octanol–water partition coefficient (Wildman–Crippen LogP) is 2.53. The van der Waals surface area contributed by atoms with E-state index in [0.717, 1.165) is 0 Å². The maximum absolute atomic E-state index is 11.8. The van der Waals surface area contributed by atoms with Gasteiger partial charge in [0.1, 0.15) is 11.7 Å². The van der Waals surface area contributed by atoms with Crippen LogP contribution in [0.5, 0.6) is 0 Å². The maximum Gasteiger partial charge on any atom is 0.336 e. The molecule has 1 rings (SSSR count). The first-order valence-electron chi connectivity index (χ1n) is 5.97. The highest BCUT2D eigenvalue weighted by Gasteiger charge is 2.28. The predicted molar refractivity (Wildman–Crippen MR) is 73.0 cm³/mol. The van der Waals surface area contributed by atoms with Gasteiger partial charge >= 0.3 is 5.97 Å². The summed E-state index contributed by atoms with van der Waals surface area (Å²) in [6, 6.07) is 5.64. The van der Waals surface area contributed by atoms with Crippen LogP contribution >= 0.6 is 0 Å². The van der Waals surface area contributed by atoms with Crippen molar-refractivity contribution in [3.05, 3.63) is 52.1 Å². The van der Waals surface area contributed by atoms with E-state index in [9.17, 15) is 20.0 Å². The molecule has 1 N–H and O–H groups in total. The van der Waals surface area contributed by atoms with Gasteiger partial charge in [-0.3, -0.25) is 10.1 Å². The fourth-order valence-corrected chi connectivity index (χ4v) is 1.53. The van der Waals surface area contributed by atoms with Crippen molar-refractivity contribution < 1.29 is 19.6 Å². The summed E-state index contributed by atoms with van der Waals surface area (Å²) in [6.07, 6.45) is -1.48. The molecule has 0 amide bonds. The zero-order valence-electron chi connectivity index (χ0n) is 11.6. The van der Waals surface area contributed by atoms with E-state index in [4.69, 9.17) is 4.74 Å². The molecule has 0 aliphatic heterocycles. The molecule has 20 heavy (non-hydrogen) atoms. The largest absolute Gasteiger partial charge is 0.457 e. The fourth-order valence-electron chi connectivity index (χ4n) is 1.53. The van der Waals surface area contributed by atoms with E-state index in [1.165, 1.54) is 24.3 Å². The second-order valence-corrected chi connectivity index (χ2v) is 5.25. The minimum atomic E-state index is -1.48. The molecule has 1 atom stereocenters. The number of rotatable bonds is 4. The van der Waals surface area contributed by atoms with Crippen molar-refractivity contribution in [3.63, 3.8) is 0 Å². The summed E-state index contributed by atoms with van der Waals surface area (Å²) >= 11 is 0. The molecule has 0 saturated carbocycles. The van der Waals surface area contributed by atoms with Gasteiger partial charge < -0.3 is 9.84 Å². The van der Waals surface area contributed by atoms with Gasteiger partial charge in [-0.15, -0.1) is 0 Å². The summed E-state index contributed by atoms with van der Waals surface area (Å²) in [7, 11) is 0. The van der Waals surface area contributed by atoms with Crippen molar-refractivity contribution >= 4 is 11.7 Å². The monoisotopic (exact) mass is 279 g/mol. The lowest BCUT2D eigenvalue weighted by Crippen LogP contribution is -2.26. The highest BCUT2D eigenvalue weighted by atomic mass is 16.6. The number of nitro groups is 1. The van der Waals surface area contributed by atoms with Crippen LogP contribution in [0.15, 0.2) is 36.4 Å². The molecule has 0 spiro atoms. The lowest BCUT2D eigenvalue weighted by atomic mass is 10.0. The van der Waals surface area contributed by atoms with Gasteiger partial charge in [-0.25, -0.2) is 4.79 Å². The summed E-state index contributed by atoms with van der Waals surface area (Å²) in [5, 5.41) is 21.0. The van der Waals surface area contributed by atoms with Crippen LogP contribution in [0.1, 0.15) is 32.4 Å². The molecule has 1 aromatic rings.